The molecule has 0 radical (unpaired) electrons. The highest BCUT2D eigenvalue weighted by Gasteiger charge is 2.30. The lowest BCUT2D eigenvalue weighted by atomic mass is 10.1. The van der Waals surface area contributed by atoms with Gasteiger partial charge in [0.2, 0.25) is 17.5 Å². The van der Waals surface area contributed by atoms with E-state index in [1.807, 2.05) is 0 Å². The van der Waals surface area contributed by atoms with E-state index in [0.29, 0.717) is 22.4 Å². The molecule has 0 spiro atoms. The first-order valence-corrected chi connectivity index (χ1v) is 8.86. The van der Waals surface area contributed by atoms with Crippen LogP contribution in [-0.4, -0.2) is 23.0 Å². The SMILES string of the molecule is COc1c(F)c(F)c(C(=O)Nc2cccc(-c3nc4ncccc4o3)c2C)c(F)c1F. The van der Waals surface area contributed by atoms with Crippen molar-refractivity contribution in [2.75, 3.05) is 12.4 Å². The summed E-state index contributed by atoms with van der Waals surface area (Å²) in [6, 6.07) is 8.00. The summed E-state index contributed by atoms with van der Waals surface area (Å²) in [4.78, 5) is 20.8. The molecule has 0 bridgehead atoms. The van der Waals surface area contributed by atoms with E-state index in [1.54, 1.807) is 37.4 Å². The molecule has 10 heteroatoms. The molecule has 0 fully saturated rings. The third-order valence-electron chi connectivity index (χ3n) is 4.63. The highest BCUT2D eigenvalue weighted by Crippen LogP contribution is 2.32. The van der Waals surface area contributed by atoms with Crippen molar-refractivity contribution in [3.8, 4) is 17.2 Å². The van der Waals surface area contributed by atoms with Crippen molar-refractivity contribution in [1.29, 1.82) is 0 Å². The van der Waals surface area contributed by atoms with Gasteiger partial charge in [-0.2, -0.15) is 13.8 Å². The van der Waals surface area contributed by atoms with E-state index in [9.17, 15) is 22.4 Å². The van der Waals surface area contributed by atoms with Gasteiger partial charge in [-0.05, 0) is 36.8 Å². The number of pyridine rings is 1. The van der Waals surface area contributed by atoms with Gasteiger partial charge in [0.1, 0.15) is 5.56 Å². The number of aromatic nitrogens is 2. The number of fused-ring (bicyclic) bond motifs is 1. The number of ether oxygens (including phenoxy) is 1. The highest BCUT2D eigenvalue weighted by atomic mass is 19.2. The molecule has 0 atom stereocenters. The summed E-state index contributed by atoms with van der Waals surface area (Å²) in [6.07, 6.45) is 1.55. The number of hydrogen-bond donors (Lipinski definition) is 1. The molecule has 0 unspecified atom stereocenters. The lowest BCUT2D eigenvalue weighted by molar-refractivity contribution is 0.101. The van der Waals surface area contributed by atoms with E-state index in [2.05, 4.69) is 20.0 Å². The number of benzene rings is 2. The summed E-state index contributed by atoms with van der Waals surface area (Å²) in [5.41, 5.74) is 0.459. The fourth-order valence-corrected chi connectivity index (χ4v) is 3.06. The van der Waals surface area contributed by atoms with Crippen molar-refractivity contribution in [1.82, 2.24) is 9.97 Å². The van der Waals surface area contributed by atoms with Gasteiger partial charge in [-0.1, -0.05) is 6.07 Å². The van der Waals surface area contributed by atoms with Gasteiger partial charge in [-0.25, -0.2) is 13.8 Å². The molecule has 0 aliphatic rings. The Morgan fingerprint density at radius 2 is 1.74 bits per heavy atom. The van der Waals surface area contributed by atoms with E-state index < -0.39 is 40.5 Å². The van der Waals surface area contributed by atoms with Gasteiger partial charge in [0.25, 0.3) is 5.91 Å². The standard InChI is InChI=1S/C21H13F4N3O3/c1-9-10(21-28-19-12(31-21)7-4-8-26-19)5-3-6-11(9)27-20(29)13-14(22)16(24)18(30-2)17(25)15(13)23/h3-8H,1-2H3,(H,27,29). The molecule has 0 saturated heterocycles. The van der Waals surface area contributed by atoms with E-state index >= 15 is 0 Å². The number of hydrogen-bond acceptors (Lipinski definition) is 5. The Morgan fingerprint density at radius 3 is 2.39 bits per heavy atom. The highest BCUT2D eigenvalue weighted by molar-refractivity contribution is 6.05. The summed E-state index contributed by atoms with van der Waals surface area (Å²) in [5.74, 6) is -9.78. The summed E-state index contributed by atoms with van der Waals surface area (Å²) in [6.45, 7) is 1.61. The molecule has 2 aromatic heterocycles. The second-order valence-corrected chi connectivity index (χ2v) is 6.44. The molecule has 0 saturated carbocycles. The van der Waals surface area contributed by atoms with Crippen LogP contribution in [0.15, 0.2) is 40.9 Å². The third-order valence-corrected chi connectivity index (χ3v) is 4.63. The molecule has 2 aromatic carbocycles. The minimum Gasteiger partial charge on any atom is -0.491 e. The predicted octanol–water partition coefficient (Wildman–Crippen LogP) is 5.02. The summed E-state index contributed by atoms with van der Waals surface area (Å²) < 4.78 is 66.4. The number of carbonyl (C=O) groups is 1. The van der Waals surface area contributed by atoms with Gasteiger partial charge >= 0.3 is 0 Å². The fraction of sp³-hybridized carbons (Fsp3) is 0.0952. The Morgan fingerprint density at radius 1 is 1.03 bits per heavy atom. The van der Waals surface area contributed by atoms with Crippen LogP contribution in [0.3, 0.4) is 0 Å². The van der Waals surface area contributed by atoms with Crippen LogP contribution in [0.5, 0.6) is 5.75 Å². The zero-order valence-electron chi connectivity index (χ0n) is 16.1. The number of halogens is 4. The minimum atomic E-state index is -1.87. The molecule has 2 heterocycles. The molecule has 4 rings (SSSR count). The van der Waals surface area contributed by atoms with Crippen molar-refractivity contribution >= 4 is 22.8 Å². The maximum Gasteiger partial charge on any atom is 0.261 e. The normalized spacial score (nSPS) is 11.0. The van der Waals surface area contributed by atoms with Gasteiger partial charge in [-0.3, -0.25) is 4.79 Å². The largest absolute Gasteiger partial charge is 0.491 e. The maximum absolute atomic E-state index is 14.3. The third kappa shape index (κ3) is 3.35. The van der Waals surface area contributed by atoms with Gasteiger partial charge in [0.05, 0.1) is 7.11 Å². The number of rotatable bonds is 4. The second-order valence-electron chi connectivity index (χ2n) is 6.44. The van der Waals surface area contributed by atoms with Gasteiger partial charge < -0.3 is 14.5 Å². The van der Waals surface area contributed by atoms with E-state index in [-0.39, 0.29) is 11.6 Å². The molecule has 0 aliphatic carbocycles. The van der Waals surface area contributed by atoms with Crippen LogP contribution in [0.4, 0.5) is 23.2 Å². The Hall–Kier alpha value is -3.95. The lowest BCUT2D eigenvalue weighted by Gasteiger charge is -2.13. The molecule has 0 aliphatic heterocycles. The molecule has 158 valence electrons. The average molecular weight is 431 g/mol. The number of methoxy groups -OCH3 is 1. The Balaban J connectivity index is 1.73. The number of amides is 1. The lowest BCUT2D eigenvalue weighted by Crippen LogP contribution is -2.19. The zero-order chi connectivity index (χ0) is 22.3. The van der Waals surface area contributed by atoms with E-state index in [0.717, 1.165) is 7.11 Å². The summed E-state index contributed by atoms with van der Waals surface area (Å²) in [5, 5.41) is 2.27. The van der Waals surface area contributed by atoms with Crippen molar-refractivity contribution in [3.05, 3.63) is 70.9 Å². The molecular weight excluding hydrogens is 418 g/mol. The zero-order valence-corrected chi connectivity index (χ0v) is 16.1. The maximum atomic E-state index is 14.3. The van der Waals surface area contributed by atoms with Crippen LogP contribution < -0.4 is 10.1 Å². The van der Waals surface area contributed by atoms with E-state index in [4.69, 9.17) is 4.42 Å². The van der Waals surface area contributed by atoms with Crippen LogP contribution in [-0.2, 0) is 0 Å². The van der Waals surface area contributed by atoms with Crippen LogP contribution in [0.2, 0.25) is 0 Å². The first kappa shape index (κ1) is 20.3. The minimum absolute atomic E-state index is 0.133. The Labute approximate surface area is 172 Å². The quantitative estimate of drug-likeness (QED) is 0.363. The molecule has 4 aromatic rings. The van der Waals surface area contributed by atoms with Gasteiger partial charge in [-0.15, -0.1) is 0 Å². The molecule has 6 nitrogen and oxygen atoms in total. The van der Waals surface area contributed by atoms with Crippen molar-refractivity contribution < 1.29 is 31.5 Å². The number of oxazole rings is 1. The van der Waals surface area contributed by atoms with E-state index in [1.165, 1.54) is 6.07 Å². The predicted molar refractivity (Wildman–Crippen MR) is 103 cm³/mol. The first-order chi connectivity index (χ1) is 14.8. The smallest absolute Gasteiger partial charge is 0.261 e. The molecule has 1 N–H and O–H groups in total. The van der Waals surface area contributed by atoms with Crippen LogP contribution in [0.25, 0.3) is 22.7 Å². The van der Waals surface area contributed by atoms with Crippen LogP contribution in [0, 0.1) is 30.2 Å². The second kappa shape index (κ2) is 7.71. The monoisotopic (exact) mass is 431 g/mol. The van der Waals surface area contributed by atoms with Crippen LogP contribution in [0.1, 0.15) is 15.9 Å². The number of carbonyl (C=O) groups excluding carboxylic acids is 1. The Kier molecular flexibility index (Phi) is 5.05. The molecular formula is C21H13F4N3O3. The fourth-order valence-electron chi connectivity index (χ4n) is 3.06. The number of anilines is 1. The molecule has 31 heavy (non-hydrogen) atoms. The van der Waals surface area contributed by atoms with Crippen molar-refractivity contribution in [2.24, 2.45) is 0 Å². The van der Waals surface area contributed by atoms with Crippen molar-refractivity contribution in [2.45, 2.75) is 6.92 Å². The van der Waals surface area contributed by atoms with Gasteiger partial charge in [0, 0.05) is 17.4 Å². The Bertz CT molecular complexity index is 1280. The first-order valence-electron chi connectivity index (χ1n) is 8.86. The van der Waals surface area contributed by atoms with Gasteiger partial charge in [0.15, 0.2) is 28.6 Å². The van der Waals surface area contributed by atoms with Crippen molar-refractivity contribution in [3.63, 3.8) is 0 Å². The average Bonchev–Trinajstić information content (AvgIpc) is 3.18. The number of nitrogens with zero attached hydrogens (tertiary/aromatic N) is 2. The summed E-state index contributed by atoms with van der Waals surface area (Å²) in [7, 11) is 0.844. The molecule has 1 amide bonds. The van der Waals surface area contributed by atoms with Crippen LogP contribution >= 0.6 is 0 Å². The topological polar surface area (TPSA) is 77.2 Å². The summed E-state index contributed by atoms with van der Waals surface area (Å²) >= 11 is 0. The number of nitrogens with one attached hydrogen (secondary N) is 1.